The molecular formula is C20H28N2O. The summed E-state index contributed by atoms with van der Waals surface area (Å²) in [5.74, 6) is 0. The van der Waals surface area contributed by atoms with E-state index >= 15 is 0 Å². The lowest BCUT2D eigenvalue weighted by Crippen LogP contribution is -2.32. The molecule has 3 heteroatoms. The quantitative estimate of drug-likeness (QED) is 0.769. The van der Waals surface area contributed by atoms with Gasteiger partial charge in [-0.3, -0.25) is 0 Å². The Morgan fingerprint density at radius 1 is 0.739 bits per heavy atom. The van der Waals surface area contributed by atoms with Crippen molar-refractivity contribution < 1.29 is 5.11 Å². The second kappa shape index (κ2) is 8.02. The van der Waals surface area contributed by atoms with Crippen LogP contribution in [0.4, 0.5) is 11.4 Å². The summed E-state index contributed by atoms with van der Waals surface area (Å²) in [5.41, 5.74) is 4.72. The molecule has 0 spiro atoms. The Bertz CT molecular complexity index is 586. The van der Waals surface area contributed by atoms with Crippen molar-refractivity contribution >= 4 is 11.4 Å². The highest BCUT2D eigenvalue weighted by Gasteiger charge is 2.09. The van der Waals surface area contributed by atoms with E-state index in [9.17, 15) is 5.11 Å². The summed E-state index contributed by atoms with van der Waals surface area (Å²) in [4.78, 5) is 4.31. The molecule has 0 heterocycles. The first-order valence-corrected chi connectivity index (χ1v) is 8.50. The van der Waals surface area contributed by atoms with Crippen LogP contribution in [0, 0.1) is 0 Å². The highest BCUT2D eigenvalue weighted by Crippen LogP contribution is 2.26. The van der Waals surface area contributed by atoms with Crippen molar-refractivity contribution in [2.24, 2.45) is 0 Å². The molecule has 0 bridgehead atoms. The number of anilines is 2. The summed E-state index contributed by atoms with van der Waals surface area (Å²) >= 11 is 0. The lowest BCUT2D eigenvalue weighted by Gasteiger charge is -2.26. The van der Waals surface area contributed by atoms with Crippen LogP contribution in [0.25, 0.3) is 11.1 Å². The number of hydrogen-bond donors (Lipinski definition) is 1. The predicted molar refractivity (Wildman–Crippen MR) is 100 cm³/mol. The van der Waals surface area contributed by atoms with Crippen LogP contribution >= 0.6 is 0 Å². The zero-order valence-corrected chi connectivity index (χ0v) is 14.7. The molecule has 2 aromatic rings. The van der Waals surface area contributed by atoms with Gasteiger partial charge in [-0.2, -0.15) is 0 Å². The molecule has 2 aromatic carbocycles. The molecule has 0 fully saturated rings. The van der Waals surface area contributed by atoms with Gasteiger partial charge in [-0.1, -0.05) is 24.3 Å². The molecule has 3 nitrogen and oxygen atoms in total. The normalized spacial score (nSPS) is 12.0. The zero-order valence-electron chi connectivity index (χ0n) is 14.7. The van der Waals surface area contributed by atoms with E-state index in [1.165, 1.54) is 16.8 Å². The Labute approximate surface area is 140 Å². The smallest absolute Gasteiger partial charge is 0.124 e. The zero-order chi connectivity index (χ0) is 16.8. The molecule has 0 aliphatic rings. The minimum atomic E-state index is -0.473. The Morgan fingerprint density at radius 2 is 1.17 bits per heavy atom. The van der Waals surface area contributed by atoms with Crippen molar-refractivity contribution in [3.63, 3.8) is 0 Å². The summed E-state index contributed by atoms with van der Waals surface area (Å²) in [7, 11) is 0. The third-order valence-corrected chi connectivity index (χ3v) is 4.32. The van der Waals surface area contributed by atoms with Crippen molar-refractivity contribution in [1.29, 1.82) is 0 Å². The number of aliphatic hydroxyl groups excluding tert-OH is 1. The van der Waals surface area contributed by atoms with Gasteiger partial charge in [0.05, 0.1) is 0 Å². The SMILES string of the molecule is CCN(CC)c1ccc(-c2ccc(N(CC)C(C)O)cc2)cc1. The number of rotatable bonds is 7. The van der Waals surface area contributed by atoms with Gasteiger partial charge in [0, 0.05) is 31.0 Å². The first-order chi connectivity index (χ1) is 11.1. The number of benzene rings is 2. The fourth-order valence-electron chi connectivity index (χ4n) is 2.96. The largest absolute Gasteiger partial charge is 0.374 e. The molecule has 1 unspecified atom stereocenters. The van der Waals surface area contributed by atoms with E-state index in [1.807, 2.05) is 11.8 Å². The van der Waals surface area contributed by atoms with E-state index in [1.54, 1.807) is 6.92 Å². The summed E-state index contributed by atoms with van der Waals surface area (Å²) in [6.07, 6.45) is -0.473. The van der Waals surface area contributed by atoms with Crippen LogP contribution in [0.15, 0.2) is 48.5 Å². The van der Waals surface area contributed by atoms with Gasteiger partial charge in [0.2, 0.25) is 0 Å². The van der Waals surface area contributed by atoms with Crippen LogP contribution < -0.4 is 9.80 Å². The average Bonchev–Trinajstić information content (AvgIpc) is 2.58. The summed E-state index contributed by atoms with van der Waals surface area (Å²) < 4.78 is 0. The van der Waals surface area contributed by atoms with Gasteiger partial charge in [-0.15, -0.1) is 0 Å². The molecule has 0 aliphatic heterocycles. The van der Waals surface area contributed by atoms with Crippen molar-refractivity contribution in [2.75, 3.05) is 29.4 Å². The van der Waals surface area contributed by atoms with Crippen molar-refractivity contribution in [3.8, 4) is 11.1 Å². The van der Waals surface area contributed by atoms with Gasteiger partial charge in [0.1, 0.15) is 6.23 Å². The van der Waals surface area contributed by atoms with E-state index < -0.39 is 6.23 Å². The van der Waals surface area contributed by atoms with Crippen LogP contribution in [0.2, 0.25) is 0 Å². The van der Waals surface area contributed by atoms with Crippen LogP contribution in [-0.2, 0) is 0 Å². The Kier molecular flexibility index (Phi) is 6.05. The van der Waals surface area contributed by atoms with Crippen LogP contribution in [-0.4, -0.2) is 31.0 Å². The summed E-state index contributed by atoms with van der Waals surface area (Å²) in [5, 5.41) is 9.80. The van der Waals surface area contributed by atoms with Crippen molar-refractivity contribution in [2.45, 2.75) is 33.9 Å². The highest BCUT2D eigenvalue weighted by molar-refractivity contribution is 5.68. The van der Waals surface area contributed by atoms with E-state index in [-0.39, 0.29) is 0 Å². The molecule has 1 atom stereocenters. The molecule has 23 heavy (non-hydrogen) atoms. The molecule has 0 amide bonds. The molecule has 0 radical (unpaired) electrons. The molecule has 0 saturated carbocycles. The first-order valence-electron chi connectivity index (χ1n) is 8.50. The Hall–Kier alpha value is -2.00. The fraction of sp³-hybridized carbons (Fsp3) is 0.400. The first kappa shape index (κ1) is 17.4. The predicted octanol–water partition coefficient (Wildman–Crippen LogP) is 4.36. The molecular weight excluding hydrogens is 284 g/mol. The highest BCUT2D eigenvalue weighted by atomic mass is 16.3. The monoisotopic (exact) mass is 312 g/mol. The van der Waals surface area contributed by atoms with Crippen LogP contribution in [0.5, 0.6) is 0 Å². The standard InChI is InChI=1S/C20H28N2O/c1-5-21(6-2)19-12-8-17(9-13-19)18-10-14-20(15-11-18)22(7-3)16(4)23/h8-16,23H,5-7H2,1-4H3. The minimum Gasteiger partial charge on any atom is -0.374 e. The van der Waals surface area contributed by atoms with Gasteiger partial charge in [-0.25, -0.2) is 0 Å². The number of nitrogens with zero attached hydrogens (tertiary/aromatic N) is 2. The number of aliphatic hydroxyl groups is 1. The van der Waals surface area contributed by atoms with Gasteiger partial charge >= 0.3 is 0 Å². The van der Waals surface area contributed by atoms with E-state index in [0.29, 0.717) is 0 Å². The Balaban J connectivity index is 2.19. The molecule has 0 aromatic heterocycles. The number of hydrogen-bond acceptors (Lipinski definition) is 3. The maximum absolute atomic E-state index is 9.80. The lowest BCUT2D eigenvalue weighted by atomic mass is 10.0. The molecule has 2 rings (SSSR count). The van der Waals surface area contributed by atoms with Gasteiger partial charge in [0.15, 0.2) is 0 Å². The van der Waals surface area contributed by atoms with E-state index in [2.05, 4.69) is 67.3 Å². The maximum atomic E-state index is 9.80. The topological polar surface area (TPSA) is 26.7 Å². The van der Waals surface area contributed by atoms with Gasteiger partial charge < -0.3 is 14.9 Å². The van der Waals surface area contributed by atoms with Gasteiger partial charge in [-0.05, 0) is 63.1 Å². The van der Waals surface area contributed by atoms with E-state index in [4.69, 9.17) is 0 Å². The third kappa shape index (κ3) is 4.05. The summed E-state index contributed by atoms with van der Waals surface area (Å²) in [6, 6.07) is 17.1. The molecule has 124 valence electrons. The van der Waals surface area contributed by atoms with E-state index in [0.717, 1.165) is 25.3 Å². The minimum absolute atomic E-state index is 0.473. The Morgan fingerprint density at radius 3 is 1.52 bits per heavy atom. The second-order valence-corrected chi connectivity index (χ2v) is 5.68. The molecule has 0 aliphatic carbocycles. The fourth-order valence-corrected chi connectivity index (χ4v) is 2.96. The van der Waals surface area contributed by atoms with Crippen molar-refractivity contribution in [3.05, 3.63) is 48.5 Å². The molecule has 1 N–H and O–H groups in total. The third-order valence-electron chi connectivity index (χ3n) is 4.32. The van der Waals surface area contributed by atoms with Crippen LogP contribution in [0.3, 0.4) is 0 Å². The molecule has 0 saturated heterocycles. The second-order valence-electron chi connectivity index (χ2n) is 5.68. The van der Waals surface area contributed by atoms with Crippen LogP contribution in [0.1, 0.15) is 27.7 Å². The maximum Gasteiger partial charge on any atom is 0.124 e. The van der Waals surface area contributed by atoms with Gasteiger partial charge in [0.25, 0.3) is 0 Å². The average molecular weight is 312 g/mol. The van der Waals surface area contributed by atoms with Crippen molar-refractivity contribution in [1.82, 2.24) is 0 Å². The lowest BCUT2D eigenvalue weighted by molar-refractivity contribution is 0.190. The summed E-state index contributed by atoms with van der Waals surface area (Å²) in [6.45, 7) is 11.0.